The van der Waals surface area contributed by atoms with Gasteiger partial charge in [0.25, 0.3) is 0 Å². The van der Waals surface area contributed by atoms with Crippen LogP contribution in [0, 0.1) is 0 Å². The molecule has 0 aromatic heterocycles. The zero-order chi connectivity index (χ0) is 15.8. The zero-order valence-electron chi connectivity index (χ0n) is 14.0. The van der Waals surface area contributed by atoms with Gasteiger partial charge in [-0.05, 0) is 43.7 Å². The maximum atomic E-state index is 12.4. The molecule has 1 aliphatic rings. The van der Waals surface area contributed by atoms with Crippen molar-refractivity contribution in [1.82, 2.24) is 4.90 Å². The van der Waals surface area contributed by atoms with E-state index in [0.717, 1.165) is 63.1 Å². The standard InChI is InChI=1S/C18H28N2O2.ClH/c1-2-14-22-16-7-5-12-20(13-11-16)18(21)10-9-15-6-3-4-8-17(15)19;/h3-4,6,8,16H,2,5,7,9-14,19H2,1H3;1H. The van der Waals surface area contributed by atoms with Crippen molar-refractivity contribution in [2.45, 2.75) is 51.6 Å². The Bertz CT molecular complexity index is 482. The van der Waals surface area contributed by atoms with Gasteiger partial charge >= 0.3 is 0 Å². The van der Waals surface area contributed by atoms with Crippen LogP contribution in [0.3, 0.4) is 0 Å². The minimum absolute atomic E-state index is 0. The number of nitrogens with two attached hydrogens (primary N) is 1. The van der Waals surface area contributed by atoms with E-state index in [2.05, 4.69) is 6.92 Å². The van der Waals surface area contributed by atoms with Crippen molar-refractivity contribution in [2.24, 2.45) is 0 Å². The molecule has 0 bridgehead atoms. The van der Waals surface area contributed by atoms with Crippen LogP contribution in [0.5, 0.6) is 0 Å². The first kappa shape index (κ1) is 19.8. The average molecular weight is 341 g/mol. The van der Waals surface area contributed by atoms with Crippen LogP contribution < -0.4 is 5.73 Å². The van der Waals surface area contributed by atoms with Crippen LogP contribution in [-0.2, 0) is 16.0 Å². The quantitative estimate of drug-likeness (QED) is 0.807. The number of halogens is 1. The monoisotopic (exact) mass is 340 g/mol. The molecule has 130 valence electrons. The van der Waals surface area contributed by atoms with Crippen molar-refractivity contribution in [2.75, 3.05) is 25.4 Å². The normalized spacial score (nSPS) is 18.1. The van der Waals surface area contributed by atoms with E-state index in [1.165, 1.54) is 0 Å². The maximum Gasteiger partial charge on any atom is 0.222 e. The maximum absolute atomic E-state index is 12.4. The van der Waals surface area contributed by atoms with Crippen molar-refractivity contribution < 1.29 is 9.53 Å². The summed E-state index contributed by atoms with van der Waals surface area (Å²) in [5.74, 6) is 0.236. The second kappa shape index (κ2) is 10.5. The first-order valence-electron chi connectivity index (χ1n) is 8.43. The van der Waals surface area contributed by atoms with E-state index < -0.39 is 0 Å². The molecule has 1 amide bonds. The lowest BCUT2D eigenvalue weighted by Crippen LogP contribution is -2.32. The van der Waals surface area contributed by atoms with E-state index in [0.29, 0.717) is 12.5 Å². The lowest BCUT2D eigenvalue weighted by Gasteiger charge is -2.21. The Morgan fingerprint density at radius 2 is 2.09 bits per heavy atom. The highest BCUT2D eigenvalue weighted by Crippen LogP contribution is 2.17. The SMILES string of the molecule is CCCOC1CCCN(C(=O)CCc2ccccc2N)CC1.Cl. The minimum atomic E-state index is 0. The zero-order valence-corrected chi connectivity index (χ0v) is 14.8. The third-order valence-electron chi connectivity index (χ3n) is 4.25. The summed E-state index contributed by atoms with van der Waals surface area (Å²) in [5, 5.41) is 0. The fraction of sp³-hybridized carbons (Fsp3) is 0.611. The predicted octanol–water partition coefficient (Wildman–Crippen LogP) is 3.43. The number of rotatable bonds is 6. The van der Waals surface area contributed by atoms with E-state index in [-0.39, 0.29) is 18.3 Å². The Balaban J connectivity index is 0.00000264. The first-order chi connectivity index (χ1) is 10.7. The molecular weight excluding hydrogens is 312 g/mol. The molecule has 0 aliphatic carbocycles. The summed E-state index contributed by atoms with van der Waals surface area (Å²) in [7, 11) is 0. The fourth-order valence-corrected chi connectivity index (χ4v) is 2.93. The Kier molecular flexibility index (Phi) is 9.03. The minimum Gasteiger partial charge on any atom is -0.399 e. The van der Waals surface area contributed by atoms with Gasteiger partial charge in [0.15, 0.2) is 0 Å². The van der Waals surface area contributed by atoms with Crippen LogP contribution in [-0.4, -0.2) is 36.6 Å². The fourth-order valence-electron chi connectivity index (χ4n) is 2.93. The third kappa shape index (κ3) is 6.40. The molecule has 1 atom stereocenters. The van der Waals surface area contributed by atoms with Crippen LogP contribution >= 0.6 is 12.4 Å². The third-order valence-corrected chi connectivity index (χ3v) is 4.25. The number of nitrogens with zero attached hydrogens (tertiary/aromatic N) is 1. The number of anilines is 1. The summed E-state index contributed by atoms with van der Waals surface area (Å²) in [6.45, 7) is 4.63. The smallest absolute Gasteiger partial charge is 0.222 e. The van der Waals surface area contributed by atoms with Gasteiger partial charge in [0.05, 0.1) is 6.10 Å². The van der Waals surface area contributed by atoms with Crippen LogP contribution in [0.25, 0.3) is 0 Å². The van der Waals surface area contributed by atoms with Crippen LogP contribution in [0.15, 0.2) is 24.3 Å². The lowest BCUT2D eigenvalue weighted by molar-refractivity contribution is -0.131. The van der Waals surface area contributed by atoms with Gasteiger partial charge in [-0.3, -0.25) is 4.79 Å². The Morgan fingerprint density at radius 1 is 1.30 bits per heavy atom. The largest absolute Gasteiger partial charge is 0.399 e. The molecule has 1 heterocycles. The van der Waals surface area contributed by atoms with Crippen LogP contribution in [0.1, 0.15) is 44.6 Å². The van der Waals surface area contributed by atoms with Crippen LogP contribution in [0.2, 0.25) is 0 Å². The van der Waals surface area contributed by atoms with Gasteiger partial charge in [0, 0.05) is 31.8 Å². The van der Waals surface area contributed by atoms with Crippen molar-refractivity contribution >= 4 is 24.0 Å². The number of benzene rings is 1. The highest BCUT2D eigenvalue weighted by Gasteiger charge is 2.20. The topological polar surface area (TPSA) is 55.6 Å². The number of nitrogen functional groups attached to an aromatic ring is 1. The molecule has 1 aromatic rings. The summed E-state index contributed by atoms with van der Waals surface area (Å²) in [6.07, 6.45) is 5.69. The van der Waals surface area contributed by atoms with Gasteiger partial charge in [-0.25, -0.2) is 0 Å². The molecule has 4 nitrogen and oxygen atoms in total. The molecule has 2 N–H and O–H groups in total. The van der Waals surface area contributed by atoms with E-state index in [1.54, 1.807) is 0 Å². The second-order valence-corrected chi connectivity index (χ2v) is 6.00. The number of ether oxygens (including phenoxy) is 1. The van der Waals surface area contributed by atoms with Gasteiger partial charge < -0.3 is 15.4 Å². The Labute approximate surface area is 145 Å². The molecule has 23 heavy (non-hydrogen) atoms. The number of hydrogen-bond donors (Lipinski definition) is 1. The molecule has 5 heteroatoms. The number of para-hydroxylation sites is 1. The van der Waals surface area contributed by atoms with E-state index >= 15 is 0 Å². The number of carbonyl (C=O) groups excluding carboxylic acids is 1. The summed E-state index contributed by atoms with van der Waals surface area (Å²) >= 11 is 0. The highest BCUT2D eigenvalue weighted by molar-refractivity contribution is 5.85. The number of likely N-dealkylation sites (tertiary alicyclic amines) is 1. The van der Waals surface area contributed by atoms with Gasteiger partial charge in [0.2, 0.25) is 5.91 Å². The first-order valence-corrected chi connectivity index (χ1v) is 8.43. The predicted molar refractivity (Wildman–Crippen MR) is 96.9 cm³/mol. The van der Waals surface area contributed by atoms with Crippen molar-refractivity contribution in [1.29, 1.82) is 0 Å². The molecule has 1 aromatic carbocycles. The van der Waals surface area contributed by atoms with E-state index in [4.69, 9.17) is 10.5 Å². The molecule has 0 spiro atoms. The number of carbonyl (C=O) groups is 1. The summed E-state index contributed by atoms with van der Waals surface area (Å²) in [4.78, 5) is 14.4. The molecular formula is C18H29ClN2O2. The van der Waals surface area contributed by atoms with Gasteiger partial charge in [-0.2, -0.15) is 0 Å². The second-order valence-electron chi connectivity index (χ2n) is 6.00. The molecule has 0 radical (unpaired) electrons. The van der Waals surface area contributed by atoms with Crippen molar-refractivity contribution in [3.8, 4) is 0 Å². The summed E-state index contributed by atoms with van der Waals surface area (Å²) in [5.41, 5.74) is 7.78. The molecule has 1 aliphatic heterocycles. The Hall–Kier alpha value is -1.26. The van der Waals surface area contributed by atoms with E-state index in [1.807, 2.05) is 29.2 Å². The Morgan fingerprint density at radius 3 is 2.83 bits per heavy atom. The van der Waals surface area contributed by atoms with Crippen LogP contribution in [0.4, 0.5) is 5.69 Å². The highest BCUT2D eigenvalue weighted by atomic mass is 35.5. The lowest BCUT2D eigenvalue weighted by atomic mass is 10.1. The number of hydrogen-bond acceptors (Lipinski definition) is 3. The van der Waals surface area contributed by atoms with Gasteiger partial charge in [-0.1, -0.05) is 25.1 Å². The summed E-state index contributed by atoms with van der Waals surface area (Å²) in [6, 6.07) is 7.78. The molecule has 1 saturated heterocycles. The molecule has 0 saturated carbocycles. The van der Waals surface area contributed by atoms with Gasteiger partial charge in [-0.15, -0.1) is 12.4 Å². The van der Waals surface area contributed by atoms with Gasteiger partial charge in [0.1, 0.15) is 0 Å². The van der Waals surface area contributed by atoms with Crippen molar-refractivity contribution in [3.63, 3.8) is 0 Å². The van der Waals surface area contributed by atoms with Crippen molar-refractivity contribution in [3.05, 3.63) is 29.8 Å². The number of aryl methyl sites for hydroxylation is 1. The average Bonchev–Trinajstić information content (AvgIpc) is 2.77. The summed E-state index contributed by atoms with van der Waals surface area (Å²) < 4.78 is 5.83. The van der Waals surface area contributed by atoms with E-state index in [9.17, 15) is 4.79 Å². The molecule has 1 fully saturated rings. The molecule has 2 rings (SSSR count). The number of amides is 1. The molecule has 1 unspecified atom stereocenters.